The minimum Gasteiger partial charge on any atom is -0.494 e. The van der Waals surface area contributed by atoms with Crippen molar-refractivity contribution in [3.63, 3.8) is 0 Å². The van der Waals surface area contributed by atoms with Crippen molar-refractivity contribution < 1.29 is 9.47 Å². The van der Waals surface area contributed by atoms with Gasteiger partial charge >= 0.3 is 0 Å². The van der Waals surface area contributed by atoms with Crippen molar-refractivity contribution in [1.82, 2.24) is 10.2 Å². The van der Waals surface area contributed by atoms with Crippen molar-refractivity contribution in [2.75, 3.05) is 13.2 Å². The summed E-state index contributed by atoms with van der Waals surface area (Å²) >= 11 is 1.52. The first-order valence-corrected chi connectivity index (χ1v) is 19.3. The Morgan fingerprint density at radius 3 is 1.64 bits per heavy atom. The zero-order valence-electron chi connectivity index (χ0n) is 29.0. The summed E-state index contributed by atoms with van der Waals surface area (Å²) in [7, 11) is 0. The van der Waals surface area contributed by atoms with Gasteiger partial charge in [0.2, 0.25) is 0 Å². The first-order valence-electron chi connectivity index (χ1n) is 18.5. The summed E-state index contributed by atoms with van der Waals surface area (Å²) in [6.45, 7) is 6.10. The lowest BCUT2D eigenvalue weighted by Crippen LogP contribution is -1.97. The average Bonchev–Trinajstić information content (AvgIpc) is 3.58. The van der Waals surface area contributed by atoms with Crippen LogP contribution in [-0.4, -0.2) is 23.4 Å². The molecule has 0 saturated carbocycles. The lowest BCUT2D eigenvalue weighted by molar-refractivity contribution is 0.304. The van der Waals surface area contributed by atoms with Gasteiger partial charge in [-0.25, -0.2) is 0 Å². The van der Waals surface area contributed by atoms with Gasteiger partial charge in [-0.3, -0.25) is 0 Å². The molecule has 0 radical (unpaired) electrons. The summed E-state index contributed by atoms with van der Waals surface area (Å²) in [6, 6.07) is 20.8. The van der Waals surface area contributed by atoms with Gasteiger partial charge in [0, 0.05) is 11.1 Å². The Morgan fingerprint density at radius 1 is 0.511 bits per heavy atom. The Morgan fingerprint density at radius 2 is 1.02 bits per heavy atom. The Balaban J connectivity index is 1.15. The van der Waals surface area contributed by atoms with Gasteiger partial charge < -0.3 is 9.47 Å². The third-order valence-corrected chi connectivity index (χ3v) is 9.57. The molecule has 0 fully saturated rings. The number of fused-ring (bicyclic) bond motifs is 1. The van der Waals surface area contributed by atoms with Gasteiger partial charge in [0.25, 0.3) is 0 Å². The van der Waals surface area contributed by atoms with Gasteiger partial charge in [-0.05, 0) is 78.1 Å². The molecule has 0 aliphatic rings. The second kappa shape index (κ2) is 22.3. The van der Waals surface area contributed by atoms with E-state index < -0.39 is 0 Å². The number of aromatic nitrogens is 2. The summed E-state index contributed by atoms with van der Waals surface area (Å²) in [6.07, 6.45) is 23.8. The highest BCUT2D eigenvalue weighted by atomic mass is 32.1. The first-order chi connectivity index (χ1) is 23.2. The maximum atomic E-state index is 6.04. The Kier molecular flexibility index (Phi) is 17.3. The molecule has 1 heterocycles. The number of hydrogen-bond donors (Lipinski definition) is 0. The third kappa shape index (κ3) is 14.1. The van der Waals surface area contributed by atoms with Crippen LogP contribution in [0.25, 0.3) is 21.3 Å². The molecule has 0 amide bonds. The molecular weight excluding hydrogens is 597 g/mol. The summed E-state index contributed by atoms with van der Waals surface area (Å²) in [4.78, 5) is 0. The predicted molar refractivity (Wildman–Crippen MR) is 201 cm³/mol. The lowest BCUT2D eigenvalue weighted by atomic mass is 10.1. The summed E-state index contributed by atoms with van der Waals surface area (Å²) in [5, 5.41) is 12.6. The molecule has 5 heteroatoms. The fourth-order valence-electron chi connectivity index (χ4n) is 5.81. The van der Waals surface area contributed by atoms with Crippen molar-refractivity contribution in [1.29, 1.82) is 0 Å². The summed E-state index contributed by atoms with van der Waals surface area (Å²) in [5.74, 6) is 8.33. The highest BCUT2D eigenvalue weighted by Gasteiger charge is 2.06. The van der Waals surface area contributed by atoms with Gasteiger partial charge in [-0.15, -0.1) is 10.2 Å². The van der Waals surface area contributed by atoms with E-state index in [9.17, 15) is 0 Å². The average molecular weight is 653 g/mol. The van der Waals surface area contributed by atoms with Crippen LogP contribution in [0.3, 0.4) is 0 Å². The minimum absolute atomic E-state index is 0.714. The number of rotatable bonds is 23. The second-order valence-corrected chi connectivity index (χ2v) is 13.7. The monoisotopic (exact) mass is 652 g/mol. The van der Waals surface area contributed by atoms with Crippen LogP contribution < -0.4 is 9.47 Å². The Labute approximate surface area is 288 Å². The molecule has 0 aliphatic heterocycles. The molecule has 0 bridgehead atoms. The highest BCUT2D eigenvalue weighted by Crippen LogP contribution is 2.26. The highest BCUT2D eigenvalue weighted by molar-refractivity contribution is 7.15. The van der Waals surface area contributed by atoms with Crippen molar-refractivity contribution >= 4 is 22.1 Å². The van der Waals surface area contributed by atoms with Crippen molar-refractivity contribution in [2.24, 2.45) is 0 Å². The molecule has 3 aromatic carbocycles. The molecule has 4 rings (SSSR count). The van der Waals surface area contributed by atoms with Crippen LogP contribution >= 0.6 is 11.3 Å². The Bertz CT molecular complexity index is 1480. The summed E-state index contributed by atoms with van der Waals surface area (Å²) in [5.41, 5.74) is 2.00. The van der Waals surface area contributed by atoms with Gasteiger partial charge in [0.1, 0.15) is 16.5 Å². The van der Waals surface area contributed by atoms with Gasteiger partial charge in [0.05, 0.1) is 13.2 Å². The summed E-state index contributed by atoms with van der Waals surface area (Å²) < 4.78 is 12.0. The van der Waals surface area contributed by atoms with Crippen LogP contribution in [0.4, 0.5) is 0 Å². The molecule has 0 N–H and O–H groups in total. The number of benzene rings is 3. The molecule has 0 aliphatic carbocycles. The quantitative estimate of drug-likeness (QED) is 0.0591. The van der Waals surface area contributed by atoms with Crippen molar-refractivity contribution in [3.05, 3.63) is 71.2 Å². The molecular formula is C42H56N2O2S. The number of ether oxygens (including phenoxy) is 2. The van der Waals surface area contributed by atoms with Gasteiger partial charge in [-0.2, -0.15) is 0 Å². The molecule has 0 unspecified atom stereocenters. The Hall–Kier alpha value is -3.36. The maximum Gasteiger partial charge on any atom is 0.191 e. The molecule has 0 atom stereocenters. The number of unbranched alkanes of at least 4 members (excludes halogenated alkanes) is 16. The topological polar surface area (TPSA) is 44.2 Å². The van der Waals surface area contributed by atoms with Crippen molar-refractivity contribution in [3.8, 4) is 33.9 Å². The first kappa shape index (κ1) is 36.5. The van der Waals surface area contributed by atoms with Gasteiger partial charge in [0.15, 0.2) is 5.01 Å². The van der Waals surface area contributed by atoms with E-state index in [0.29, 0.717) is 5.01 Å². The van der Waals surface area contributed by atoms with E-state index in [0.717, 1.165) is 64.5 Å². The number of hydrogen-bond acceptors (Lipinski definition) is 5. The largest absolute Gasteiger partial charge is 0.494 e. The molecule has 4 nitrogen and oxygen atoms in total. The smallest absolute Gasteiger partial charge is 0.191 e. The second-order valence-electron chi connectivity index (χ2n) is 12.8. The SMILES string of the molecule is CCCCCCCCCCCCOc1ccc(-c2nnc(C#Cc3ccc4cc(OCCCCCCCCCC)ccc4c3)s2)cc1. The van der Waals surface area contributed by atoms with Crippen LogP contribution in [0.2, 0.25) is 0 Å². The normalized spacial score (nSPS) is 11.0. The van der Waals surface area contributed by atoms with Crippen LogP contribution in [0.15, 0.2) is 60.7 Å². The van der Waals surface area contributed by atoms with E-state index in [1.54, 1.807) is 0 Å². The minimum atomic E-state index is 0.714. The number of nitrogens with zero attached hydrogens (tertiary/aromatic N) is 2. The fourth-order valence-corrected chi connectivity index (χ4v) is 6.51. The molecule has 0 spiro atoms. The molecule has 47 heavy (non-hydrogen) atoms. The van der Waals surface area contributed by atoms with E-state index in [1.807, 2.05) is 12.1 Å². The fraction of sp³-hybridized carbons (Fsp3) is 0.524. The van der Waals surface area contributed by atoms with Crippen LogP contribution in [-0.2, 0) is 0 Å². The van der Waals surface area contributed by atoms with E-state index in [-0.39, 0.29) is 0 Å². The third-order valence-electron chi connectivity index (χ3n) is 8.68. The van der Waals surface area contributed by atoms with Crippen molar-refractivity contribution in [2.45, 2.75) is 129 Å². The van der Waals surface area contributed by atoms with Crippen LogP contribution in [0, 0.1) is 11.8 Å². The molecule has 252 valence electrons. The van der Waals surface area contributed by atoms with E-state index in [2.05, 4.69) is 84.4 Å². The molecule has 4 aromatic rings. The molecule has 1 aromatic heterocycles. The van der Waals surface area contributed by atoms with E-state index in [4.69, 9.17) is 9.47 Å². The predicted octanol–water partition coefficient (Wildman–Crippen LogP) is 12.6. The van der Waals surface area contributed by atoms with Crippen LogP contribution in [0.1, 0.15) is 140 Å². The molecule has 0 saturated heterocycles. The van der Waals surface area contributed by atoms with E-state index >= 15 is 0 Å². The maximum absolute atomic E-state index is 6.04. The standard InChI is InChI=1S/C42H56N2O2S/c1-3-5-7-9-11-13-14-16-17-19-31-45-39-27-24-36(25-28-39)42-44-43-41(47-42)30-22-35-21-23-38-34-40(29-26-37(38)33-35)46-32-20-18-15-12-10-8-6-4-2/h21,23-29,33-34H,3-20,31-32H2,1-2H3. The van der Waals surface area contributed by atoms with E-state index in [1.165, 1.54) is 114 Å². The zero-order chi connectivity index (χ0) is 32.8. The van der Waals surface area contributed by atoms with Gasteiger partial charge in [-0.1, -0.05) is 146 Å². The van der Waals surface area contributed by atoms with Crippen LogP contribution in [0.5, 0.6) is 11.5 Å². The zero-order valence-corrected chi connectivity index (χ0v) is 29.9. The lowest BCUT2D eigenvalue weighted by Gasteiger charge is -2.08.